The van der Waals surface area contributed by atoms with E-state index in [-0.39, 0.29) is 17.9 Å². The SMILES string of the molecule is CCCOc1ccc(C(N)=NCCN(CC)CC)cc1.Cl.O. The van der Waals surface area contributed by atoms with Crippen LogP contribution in [0.15, 0.2) is 29.3 Å². The van der Waals surface area contributed by atoms with Crippen LogP contribution in [0.1, 0.15) is 32.8 Å². The molecule has 0 aliphatic carbocycles. The molecule has 0 amide bonds. The summed E-state index contributed by atoms with van der Waals surface area (Å²) in [6.45, 7) is 10.9. The van der Waals surface area contributed by atoms with Crippen molar-refractivity contribution in [3.8, 4) is 5.75 Å². The molecule has 0 saturated heterocycles. The minimum absolute atomic E-state index is 0. The average molecular weight is 332 g/mol. The highest BCUT2D eigenvalue weighted by Gasteiger charge is 2.01. The van der Waals surface area contributed by atoms with Crippen LogP contribution in [-0.4, -0.2) is 49.0 Å². The molecule has 5 nitrogen and oxygen atoms in total. The number of rotatable bonds is 9. The molecule has 1 rings (SSSR count). The smallest absolute Gasteiger partial charge is 0.125 e. The summed E-state index contributed by atoms with van der Waals surface area (Å²) < 4.78 is 5.54. The van der Waals surface area contributed by atoms with E-state index in [1.807, 2.05) is 24.3 Å². The van der Waals surface area contributed by atoms with Crippen LogP contribution in [-0.2, 0) is 0 Å². The molecule has 6 heteroatoms. The van der Waals surface area contributed by atoms with Gasteiger partial charge in [0.05, 0.1) is 13.2 Å². The molecule has 0 spiro atoms. The number of aliphatic imine (C=N–C) groups is 1. The van der Waals surface area contributed by atoms with Crippen molar-refractivity contribution in [1.29, 1.82) is 0 Å². The van der Waals surface area contributed by atoms with Crippen molar-refractivity contribution in [1.82, 2.24) is 4.90 Å². The van der Waals surface area contributed by atoms with Crippen LogP contribution in [0.5, 0.6) is 5.75 Å². The maximum Gasteiger partial charge on any atom is 0.125 e. The first-order valence-corrected chi connectivity index (χ1v) is 7.46. The van der Waals surface area contributed by atoms with Gasteiger partial charge < -0.3 is 20.8 Å². The highest BCUT2D eigenvalue weighted by molar-refractivity contribution is 5.97. The van der Waals surface area contributed by atoms with Crippen LogP contribution in [0.3, 0.4) is 0 Å². The van der Waals surface area contributed by atoms with Crippen molar-refractivity contribution >= 4 is 18.2 Å². The predicted molar refractivity (Wildman–Crippen MR) is 96.5 cm³/mol. The van der Waals surface area contributed by atoms with E-state index in [1.165, 1.54) is 0 Å². The van der Waals surface area contributed by atoms with Gasteiger partial charge in [0.1, 0.15) is 11.6 Å². The monoisotopic (exact) mass is 331 g/mol. The summed E-state index contributed by atoms with van der Waals surface area (Å²) in [4.78, 5) is 6.77. The zero-order valence-corrected chi connectivity index (χ0v) is 14.7. The van der Waals surface area contributed by atoms with Crippen molar-refractivity contribution in [2.45, 2.75) is 27.2 Å². The summed E-state index contributed by atoms with van der Waals surface area (Å²) in [5.41, 5.74) is 6.96. The van der Waals surface area contributed by atoms with Crippen molar-refractivity contribution in [3.63, 3.8) is 0 Å². The third-order valence-electron chi connectivity index (χ3n) is 3.22. The molecule has 0 fully saturated rings. The number of nitrogens with two attached hydrogens (primary N) is 1. The molecule has 0 atom stereocenters. The van der Waals surface area contributed by atoms with Gasteiger partial charge in [0.15, 0.2) is 0 Å². The molecule has 0 unspecified atom stereocenters. The van der Waals surface area contributed by atoms with Crippen molar-refractivity contribution in [2.75, 3.05) is 32.8 Å². The minimum Gasteiger partial charge on any atom is -0.494 e. The van der Waals surface area contributed by atoms with Gasteiger partial charge in [-0.25, -0.2) is 0 Å². The lowest BCUT2D eigenvalue weighted by Gasteiger charge is -2.16. The Morgan fingerprint density at radius 3 is 2.23 bits per heavy atom. The summed E-state index contributed by atoms with van der Waals surface area (Å²) in [6.07, 6.45) is 1.01. The molecule has 0 radical (unpaired) electrons. The van der Waals surface area contributed by atoms with Gasteiger partial charge in [-0.05, 0) is 43.8 Å². The fraction of sp³-hybridized carbons (Fsp3) is 0.562. The Morgan fingerprint density at radius 1 is 1.14 bits per heavy atom. The largest absolute Gasteiger partial charge is 0.494 e. The fourth-order valence-corrected chi connectivity index (χ4v) is 1.88. The molecular weight excluding hydrogens is 302 g/mol. The maximum atomic E-state index is 6.00. The maximum absolute atomic E-state index is 6.00. The normalized spacial score (nSPS) is 10.8. The van der Waals surface area contributed by atoms with E-state index in [0.717, 1.165) is 50.5 Å². The first-order valence-electron chi connectivity index (χ1n) is 7.46. The van der Waals surface area contributed by atoms with E-state index in [4.69, 9.17) is 10.5 Å². The fourth-order valence-electron chi connectivity index (χ4n) is 1.88. The summed E-state index contributed by atoms with van der Waals surface area (Å²) in [6, 6.07) is 7.80. The van der Waals surface area contributed by atoms with E-state index in [9.17, 15) is 0 Å². The molecule has 1 aromatic carbocycles. The van der Waals surface area contributed by atoms with Crippen LogP contribution < -0.4 is 10.5 Å². The van der Waals surface area contributed by atoms with Gasteiger partial charge in [0.25, 0.3) is 0 Å². The van der Waals surface area contributed by atoms with Crippen LogP contribution in [0.2, 0.25) is 0 Å². The summed E-state index contributed by atoms with van der Waals surface area (Å²) >= 11 is 0. The summed E-state index contributed by atoms with van der Waals surface area (Å²) in [5.74, 6) is 1.48. The summed E-state index contributed by atoms with van der Waals surface area (Å²) in [5, 5.41) is 0. The third kappa shape index (κ3) is 8.22. The lowest BCUT2D eigenvalue weighted by Crippen LogP contribution is -2.26. The second-order valence-electron chi connectivity index (χ2n) is 4.67. The quantitative estimate of drug-likeness (QED) is 0.555. The van der Waals surface area contributed by atoms with E-state index in [1.54, 1.807) is 0 Å². The lowest BCUT2D eigenvalue weighted by atomic mass is 10.2. The second-order valence-corrected chi connectivity index (χ2v) is 4.67. The first kappa shape index (κ1) is 23.0. The Bertz CT molecular complexity index is 406. The molecule has 0 bridgehead atoms. The average Bonchev–Trinajstić information content (AvgIpc) is 2.50. The molecule has 22 heavy (non-hydrogen) atoms. The van der Waals surface area contributed by atoms with Gasteiger partial charge in [-0.2, -0.15) is 0 Å². The van der Waals surface area contributed by atoms with Crippen LogP contribution in [0.4, 0.5) is 0 Å². The Balaban J connectivity index is 0. The molecule has 4 N–H and O–H groups in total. The first-order chi connectivity index (χ1) is 9.71. The molecule has 128 valence electrons. The topological polar surface area (TPSA) is 82.3 Å². The highest BCUT2D eigenvalue weighted by atomic mass is 35.5. The predicted octanol–water partition coefficient (Wildman–Crippen LogP) is 2.12. The Labute approximate surface area is 140 Å². The number of benzene rings is 1. The zero-order chi connectivity index (χ0) is 14.8. The number of halogens is 1. The van der Waals surface area contributed by atoms with Crippen molar-refractivity contribution < 1.29 is 10.2 Å². The number of amidine groups is 1. The molecular formula is C16H30ClN3O2. The summed E-state index contributed by atoms with van der Waals surface area (Å²) in [7, 11) is 0. The van der Waals surface area contributed by atoms with Crippen LogP contribution in [0, 0.1) is 0 Å². The minimum atomic E-state index is 0. The van der Waals surface area contributed by atoms with Crippen molar-refractivity contribution in [3.05, 3.63) is 29.8 Å². The number of likely N-dealkylation sites (N-methyl/N-ethyl adjacent to an activating group) is 1. The Morgan fingerprint density at radius 2 is 1.73 bits per heavy atom. The molecule has 0 saturated carbocycles. The zero-order valence-electron chi connectivity index (χ0n) is 13.8. The van der Waals surface area contributed by atoms with E-state index in [0.29, 0.717) is 5.84 Å². The van der Waals surface area contributed by atoms with E-state index >= 15 is 0 Å². The van der Waals surface area contributed by atoms with Crippen LogP contribution >= 0.6 is 12.4 Å². The van der Waals surface area contributed by atoms with Gasteiger partial charge in [-0.3, -0.25) is 4.99 Å². The Kier molecular flexibility index (Phi) is 14.0. The number of hydrogen-bond donors (Lipinski definition) is 1. The molecule has 0 heterocycles. The van der Waals surface area contributed by atoms with Crippen molar-refractivity contribution in [2.24, 2.45) is 10.7 Å². The van der Waals surface area contributed by atoms with E-state index in [2.05, 4.69) is 30.7 Å². The lowest BCUT2D eigenvalue weighted by molar-refractivity contribution is 0.313. The highest BCUT2D eigenvalue weighted by Crippen LogP contribution is 2.12. The van der Waals surface area contributed by atoms with Gasteiger partial charge in [-0.15, -0.1) is 12.4 Å². The van der Waals surface area contributed by atoms with Gasteiger partial charge >= 0.3 is 0 Å². The number of hydrogen-bond acceptors (Lipinski definition) is 3. The van der Waals surface area contributed by atoms with Crippen LogP contribution in [0.25, 0.3) is 0 Å². The van der Waals surface area contributed by atoms with Gasteiger partial charge in [0, 0.05) is 12.1 Å². The standard InChI is InChI=1S/C16H27N3O.ClH.H2O/c1-4-13-20-15-9-7-14(8-10-15)16(17)18-11-12-19(5-2)6-3;;/h7-10H,4-6,11-13H2,1-3H3,(H2,17,18);1H;1H2. The Hall–Kier alpha value is -1.30. The van der Waals surface area contributed by atoms with Gasteiger partial charge in [-0.1, -0.05) is 20.8 Å². The molecule has 0 aromatic heterocycles. The number of nitrogens with zero attached hydrogens (tertiary/aromatic N) is 2. The van der Waals surface area contributed by atoms with Gasteiger partial charge in [0.2, 0.25) is 0 Å². The third-order valence-corrected chi connectivity index (χ3v) is 3.22. The van der Waals surface area contributed by atoms with E-state index < -0.39 is 0 Å². The molecule has 1 aromatic rings. The second kappa shape index (κ2) is 13.4. The number of ether oxygens (including phenoxy) is 1. The molecule has 0 aliphatic heterocycles. The molecule has 0 aliphatic rings.